The minimum absolute atomic E-state index is 0.0444. The lowest BCUT2D eigenvalue weighted by atomic mass is 10.1. The molecule has 0 aliphatic rings. The average Bonchev–Trinajstić information content (AvgIpc) is 2.84. The molecule has 0 aliphatic carbocycles. The van der Waals surface area contributed by atoms with Gasteiger partial charge in [0.15, 0.2) is 6.61 Å². The van der Waals surface area contributed by atoms with Gasteiger partial charge in [0.05, 0.1) is 7.11 Å². The summed E-state index contributed by atoms with van der Waals surface area (Å²) in [4.78, 5) is 24.5. The third kappa shape index (κ3) is 6.71. The van der Waals surface area contributed by atoms with Gasteiger partial charge in [0.1, 0.15) is 23.1 Å². The standard InChI is InChI=1S/C26H23N3O4/c1-18-5-3-4-6-24(18)29-25(30)17-33-23-11-7-19(8-12-23)15-20(16-27)26(31)28-21-9-13-22(32-2)14-10-21/h3-15H,17H2,1-2H3,(H,28,31)(H,29,30)/b20-15-. The van der Waals surface area contributed by atoms with E-state index in [1.807, 2.05) is 37.3 Å². The highest BCUT2D eigenvalue weighted by Gasteiger charge is 2.10. The number of nitriles is 1. The molecule has 3 rings (SSSR count). The molecule has 0 fully saturated rings. The molecular formula is C26H23N3O4. The number of rotatable bonds is 8. The molecule has 2 N–H and O–H groups in total. The van der Waals surface area contributed by atoms with Crippen molar-refractivity contribution in [3.8, 4) is 17.6 Å². The molecule has 0 radical (unpaired) electrons. The Labute approximate surface area is 192 Å². The van der Waals surface area contributed by atoms with Gasteiger partial charge in [0.2, 0.25) is 0 Å². The molecule has 3 aromatic carbocycles. The number of nitrogens with zero attached hydrogens (tertiary/aromatic N) is 1. The number of para-hydroxylation sites is 1. The molecule has 7 nitrogen and oxygen atoms in total. The normalized spacial score (nSPS) is 10.6. The van der Waals surface area contributed by atoms with Crippen LogP contribution >= 0.6 is 0 Å². The van der Waals surface area contributed by atoms with Gasteiger partial charge < -0.3 is 20.1 Å². The first-order valence-corrected chi connectivity index (χ1v) is 10.1. The lowest BCUT2D eigenvalue weighted by Gasteiger charge is -2.09. The van der Waals surface area contributed by atoms with Gasteiger partial charge in [-0.25, -0.2) is 0 Å². The van der Waals surface area contributed by atoms with E-state index in [-0.39, 0.29) is 18.1 Å². The molecule has 0 bridgehead atoms. The molecule has 166 valence electrons. The van der Waals surface area contributed by atoms with E-state index in [1.54, 1.807) is 55.6 Å². The Bertz CT molecular complexity index is 1190. The van der Waals surface area contributed by atoms with Crippen LogP contribution in [0.2, 0.25) is 0 Å². The number of carbonyl (C=O) groups is 2. The highest BCUT2D eigenvalue weighted by Crippen LogP contribution is 2.18. The van der Waals surface area contributed by atoms with E-state index in [2.05, 4.69) is 10.6 Å². The predicted molar refractivity (Wildman–Crippen MR) is 127 cm³/mol. The number of anilines is 2. The number of aryl methyl sites for hydroxylation is 1. The quantitative estimate of drug-likeness (QED) is 0.394. The van der Waals surface area contributed by atoms with Crippen LogP contribution in [0.3, 0.4) is 0 Å². The van der Waals surface area contributed by atoms with Gasteiger partial charge in [-0.2, -0.15) is 5.26 Å². The van der Waals surface area contributed by atoms with Crippen LogP contribution in [0.15, 0.2) is 78.4 Å². The molecule has 33 heavy (non-hydrogen) atoms. The van der Waals surface area contributed by atoms with E-state index < -0.39 is 5.91 Å². The average molecular weight is 441 g/mol. The fourth-order valence-corrected chi connectivity index (χ4v) is 2.90. The molecular weight excluding hydrogens is 418 g/mol. The summed E-state index contributed by atoms with van der Waals surface area (Å²) in [5.41, 5.74) is 2.86. The van der Waals surface area contributed by atoms with Gasteiger partial charge in [-0.3, -0.25) is 9.59 Å². The van der Waals surface area contributed by atoms with Gasteiger partial charge >= 0.3 is 0 Å². The van der Waals surface area contributed by atoms with Crippen LogP contribution in [-0.2, 0) is 9.59 Å². The number of ether oxygens (including phenoxy) is 2. The van der Waals surface area contributed by atoms with Gasteiger partial charge in [-0.1, -0.05) is 30.3 Å². The van der Waals surface area contributed by atoms with Crippen molar-refractivity contribution in [3.63, 3.8) is 0 Å². The van der Waals surface area contributed by atoms with Crippen LogP contribution in [-0.4, -0.2) is 25.5 Å². The van der Waals surface area contributed by atoms with Crippen LogP contribution < -0.4 is 20.1 Å². The van der Waals surface area contributed by atoms with Crippen molar-refractivity contribution in [3.05, 3.63) is 89.5 Å². The second-order valence-corrected chi connectivity index (χ2v) is 7.07. The number of amides is 2. The number of benzene rings is 3. The second-order valence-electron chi connectivity index (χ2n) is 7.07. The Kier molecular flexibility index (Phi) is 7.81. The minimum Gasteiger partial charge on any atom is -0.497 e. The summed E-state index contributed by atoms with van der Waals surface area (Å²) < 4.78 is 10.6. The van der Waals surface area contributed by atoms with Crippen molar-refractivity contribution in [2.24, 2.45) is 0 Å². The van der Waals surface area contributed by atoms with Crippen molar-refractivity contribution in [2.75, 3.05) is 24.4 Å². The largest absolute Gasteiger partial charge is 0.497 e. The van der Waals surface area contributed by atoms with E-state index in [9.17, 15) is 14.9 Å². The maximum atomic E-state index is 12.4. The maximum Gasteiger partial charge on any atom is 0.266 e. The summed E-state index contributed by atoms with van der Waals surface area (Å²) in [6, 6.07) is 22.9. The number of carbonyl (C=O) groups excluding carboxylic acids is 2. The molecule has 0 aromatic heterocycles. The molecule has 0 heterocycles. The summed E-state index contributed by atoms with van der Waals surface area (Å²) in [6.07, 6.45) is 1.48. The van der Waals surface area contributed by atoms with Crippen molar-refractivity contribution in [2.45, 2.75) is 6.92 Å². The molecule has 7 heteroatoms. The predicted octanol–water partition coefficient (Wildman–Crippen LogP) is 4.57. The SMILES string of the molecule is COc1ccc(NC(=O)/C(C#N)=C\c2ccc(OCC(=O)Nc3ccccc3C)cc2)cc1. The highest BCUT2D eigenvalue weighted by atomic mass is 16.5. The zero-order valence-corrected chi connectivity index (χ0v) is 18.3. The zero-order valence-electron chi connectivity index (χ0n) is 18.3. The van der Waals surface area contributed by atoms with Gasteiger partial charge in [-0.15, -0.1) is 0 Å². The minimum atomic E-state index is -0.518. The Morgan fingerprint density at radius 1 is 0.939 bits per heavy atom. The Hall–Kier alpha value is -4.57. The van der Waals surface area contributed by atoms with Crippen molar-refractivity contribution < 1.29 is 19.1 Å². The van der Waals surface area contributed by atoms with Crippen LogP contribution in [0.5, 0.6) is 11.5 Å². The van der Waals surface area contributed by atoms with Crippen LogP contribution in [0.1, 0.15) is 11.1 Å². The molecule has 0 spiro atoms. The maximum absolute atomic E-state index is 12.4. The third-order valence-corrected chi connectivity index (χ3v) is 4.69. The highest BCUT2D eigenvalue weighted by molar-refractivity contribution is 6.09. The summed E-state index contributed by atoms with van der Waals surface area (Å²) in [7, 11) is 1.56. The number of hydrogen-bond acceptors (Lipinski definition) is 5. The second kappa shape index (κ2) is 11.2. The Morgan fingerprint density at radius 3 is 2.24 bits per heavy atom. The first-order valence-electron chi connectivity index (χ1n) is 10.1. The lowest BCUT2D eigenvalue weighted by Crippen LogP contribution is -2.20. The lowest BCUT2D eigenvalue weighted by molar-refractivity contribution is -0.118. The first-order chi connectivity index (χ1) is 16.0. The molecule has 2 amide bonds. The molecule has 0 unspecified atom stereocenters. The Balaban J connectivity index is 1.57. The summed E-state index contributed by atoms with van der Waals surface area (Å²) in [5, 5.41) is 14.9. The van der Waals surface area contributed by atoms with E-state index in [0.717, 1.165) is 11.3 Å². The number of nitrogens with one attached hydrogen (secondary N) is 2. The molecule has 0 aliphatic heterocycles. The van der Waals surface area contributed by atoms with Crippen molar-refractivity contribution in [1.29, 1.82) is 5.26 Å². The van der Waals surface area contributed by atoms with Crippen molar-refractivity contribution >= 4 is 29.3 Å². The summed E-state index contributed by atoms with van der Waals surface area (Å²) in [5.74, 6) is 0.374. The number of methoxy groups -OCH3 is 1. The fourth-order valence-electron chi connectivity index (χ4n) is 2.90. The van der Waals surface area contributed by atoms with E-state index in [0.29, 0.717) is 22.7 Å². The van der Waals surface area contributed by atoms with Crippen LogP contribution in [0.25, 0.3) is 6.08 Å². The number of hydrogen-bond donors (Lipinski definition) is 2. The topological polar surface area (TPSA) is 100 Å². The fraction of sp³-hybridized carbons (Fsp3) is 0.115. The molecule has 0 saturated heterocycles. The van der Waals surface area contributed by atoms with E-state index in [1.165, 1.54) is 6.08 Å². The molecule has 0 saturated carbocycles. The van der Waals surface area contributed by atoms with E-state index in [4.69, 9.17) is 9.47 Å². The molecule has 3 aromatic rings. The zero-order chi connectivity index (χ0) is 23.6. The summed E-state index contributed by atoms with van der Waals surface area (Å²) >= 11 is 0. The van der Waals surface area contributed by atoms with Crippen molar-refractivity contribution in [1.82, 2.24) is 0 Å². The summed E-state index contributed by atoms with van der Waals surface area (Å²) in [6.45, 7) is 1.77. The van der Waals surface area contributed by atoms with Crippen LogP contribution in [0.4, 0.5) is 11.4 Å². The smallest absolute Gasteiger partial charge is 0.266 e. The monoisotopic (exact) mass is 441 g/mol. The van der Waals surface area contributed by atoms with Gasteiger partial charge in [-0.05, 0) is 66.6 Å². The van der Waals surface area contributed by atoms with E-state index >= 15 is 0 Å². The molecule has 0 atom stereocenters. The third-order valence-electron chi connectivity index (χ3n) is 4.69. The van der Waals surface area contributed by atoms with Gasteiger partial charge in [0.25, 0.3) is 11.8 Å². The Morgan fingerprint density at radius 2 is 1.61 bits per heavy atom. The van der Waals surface area contributed by atoms with Crippen LogP contribution in [0, 0.1) is 18.3 Å². The first kappa shape index (κ1) is 23.1. The van der Waals surface area contributed by atoms with Gasteiger partial charge in [0, 0.05) is 11.4 Å².